The quantitative estimate of drug-likeness (QED) is 0.778. The van der Waals surface area contributed by atoms with Gasteiger partial charge in [0.1, 0.15) is 0 Å². The first-order valence-corrected chi connectivity index (χ1v) is 8.34. The topological polar surface area (TPSA) is 79.2 Å². The largest absolute Gasteiger partial charge is 0.383 e. The highest BCUT2D eigenvalue weighted by molar-refractivity contribution is 6.02. The van der Waals surface area contributed by atoms with Crippen molar-refractivity contribution in [2.45, 2.75) is 0 Å². The Bertz CT molecular complexity index is 765. The molecule has 0 atom stereocenters. The number of piperazine rings is 1. The Morgan fingerprint density at radius 3 is 2.72 bits per heavy atom. The molecule has 8 heteroatoms. The number of imidazole rings is 1. The molecular formula is C17H23N5O3. The molecule has 8 nitrogen and oxygen atoms in total. The van der Waals surface area contributed by atoms with Crippen LogP contribution in [0.4, 0.5) is 0 Å². The van der Waals surface area contributed by atoms with Gasteiger partial charge in [0.15, 0.2) is 5.69 Å². The molecule has 0 spiro atoms. The van der Waals surface area contributed by atoms with Crippen LogP contribution in [-0.2, 0) is 4.74 Å². The second kappa shape index (κ2) is 7.62. The number of carbonyl (C=O) groups excluding carboxylic acids is 2. The molecular weight excluding hydrogens is 322 g/mol. The highest BCUT2D eigenvalue weighted by Crippen LogP contribution is 2.16. The van der Waals surface area contributed by atoms with Gasteiger partial charge in [-0.3, -0.25) is 14.0 Å². The number of hydrogen-bond acceptors (Lipinski definition) is 5. The monoisotopic (exact) mass is 345 g/mol. The number of nitrogens with one attached hydrogen (secondary N) is 1. The van der Waals surface area contributed by atoms with Crippen LogP contribution in [0.2, 0.25) is 0 Å². The number of rotatable bonds is 5. The van der Waals surface area contributed by atoms with E-state index < -0.39 is 0 Å². The van der Waals surface area contributed by atoms with Gasteiger partial charge in [-0.15, -0.1) is 0 Å². The second-order valence-electron chi connectivity index (χ2n) is 6.08. The Hall–Kier alpha value is -2.45. The van der Waals surface area contributed by atoms with Crippen LogP contribution in [0.15, 0.2) is 24.4 Å². The first kappa shape index (κ1) is 17.4. The van der Waals surface area contributed by atoms with Crippen LogP contribution in [0.3, 0.4) is 0 Å². The molecule has 25 heavy (non-hydrogen) atoms. The van der Waals surface area contributed by atoms with Gasteiger partial charge in [-0.05, 0) is 19.2 Å². The number of ether oxygens (including phenoxy) is 1. The van der Waals surface area contributed by atoms with E-state index in [9.17, 15) is 9.59 Å². The van der Waals surface area contributed by atoms with Gasteiger partial charge in [-0.1, -0.05) is 6.07 Å². The lowest BCUT2D eigenvalue weighted by atomic mass is 10.2. The zero-order valence-electron chi connectivity index (χ0n) is 14.6. The molecule has 3 rings (SSSR count). The van der Waals surface area contributed by atoms with Crippen LogP contribution >= 0.6 is 0 Å². The Morgan fingerprint density at radius 1 is 1.24 bits per heavy atom. The summed E-state index contributed by atoms with van der Waals surface area (Å²) in [5.74, 6) is -0.243. The summed E-state index contributed by atoms with van der Waals surface area (Å²) in [7, 11) is 3.61. The van der Waals surface area contributed by atoms with Crippen LogP contribution in [0.25, 0.3) is 5.52 Å². The molecule has 1 aliphatic heterocycles. The fourth-order valence-electron chi connectivity index (χ4n) is 2.86. The number of likely N-dealkylation sites (N-methyl/N-ethyl adjacent to an activating group) is 1. The van der Waals surface area contributed by atoms with Crippen molar-refractivity contribution in [3.05, 3.63) is 35.9 Å². The maximum absolute atomic E-state index is 12.9. The minimum Gasteiger partial charge on any atom is -0.383 e. The lowest BCUT2D eigenvalue weighted by Crippen LogP contribution is -2.47. The van der Waals surface area contributed by atoms with Gasteiger partial charge in [0.25, 0.3) is 11.8 Å². The molecule has 1 saturated heterocycles. The summed E-state index contributed by atoms with van der Waals surface area (Å²) in [6.07, 6.45) is 1.74. The number of methoxy groups -OCH3 is 1. The number of nitrogens with zero attached hydrogens (tertiary/aromatic N) is 4. The molecule has 3 heterocycles. The molecule has 1 N–H and O–H groups in total. The normalized spacial score (nSPS) is 15.5. The van der Waals surface area contributed by atoms with Crippen molar-refractivity contribution in [3.8, 4) is 0 Å². The third kappa shape index (κ3) is 3.64. The fraction of sp³-hybridized carbons (Fsp3) is 0.471. The van der Waals surface area contributed by atoms with Crippen LogP contribution in [0, 0.1) is 0 Å². The molecule has 0 unspecified atom stereocenters. The Kier molecular flexibility index (Phi) is 5.30. The summed E-state index contributed by atoms with van der Waals surface area (Å²) in [4.78, 5) is 33.6. The highest BCUT2D eigenvalue weighted by Gasteiger charge is 2.26. The van der Waals surface area contributed by atoms with Gasteiger partial charge in [0.05, 0.1) is 12.1 Å². The summed E-state index contributed by atoms with van der Waals surface area (Å²) in [6.45, 7) is 3.80. The van der Waals surface area contributed by atoms with Gasteiger partial charge in [0, 0.05) is 46.0 Å². The average Bonchev–Trinajstić information content (AvgIpc) is 3.02. The van der Waals surface area contributed by atoms with E-state index in [0.29, 0.717) is 37.5 Å². The zero-order chi connectivity index (χ0) is 17.8. The van der Waals surface area contributed by atoms with Crippen molar-refractivity contribution in [2.75, 3.05) is 53.5 Å². The Balaban J connectivity index is 1.88. The molecule has 0 aromatic carbocycles. The van der Waals surface area contributed by atoms with E-state index in [4.69, 9.17) is 4.74 Å². The number of carbonyl (C=O) groups is 2. The predicted octanol–water partition coefficient (Wildman–Crippen LogP) is 0.0981. The van der Waals surface area contributed by atoms with Crippen molar-refractivity contribution in [2.24, 2.45) is 0 Å². The second-order valence-corrected chi connectivity index (χ2v) is 6.08. The smallest absolute Gasteiger partial charge is 0.287 e. The lowest BCUT2D eigenvalue weighted by molar-refractivity contribution is 0.0661. The van der Waals surface area contributed by atoms with Crippen molar-refractivity contribution in [1.29, 1.82) is 0 Å². The van der Waals surface area contributed by atoms with E-state index in [1.54, 1.807) is 22.6 Å². The number of hydrogen-bond donors (Lipinski definition) is 1. The highest BCUT2D eigenvalue weighted by atomic mass is 16.5. The summed E-state index contributed by atoms with van der Waals surface area (Å²) < 4.78 is 6.60. The Labute approximate surface area is 146 Å². The molecule has 1 aliphatic rings. The third-order valence-electron chi connectivity index (χ3n) is 4.34. The summed E-state index contributed by atoms with van der Waals surface area (Å²) >= 11 is 0. The fourth-order valence-corrected chi connectivity index (χ4v) is 2.86. The van der Waals surface area contributed by atoms with Gasteiger partial charge >= 0.3 is 0 Å². The van der Waals surface area contributed by atoms with Gasteiger partial charge in [-0.2, -0.15) is 0 Å². The van der Waals surface area contributed by atoms with E-state index in [1.807, 2.05) is 25.2 Å². The molecule has 0 saturated carbocycles. The number of amides is 2. The van der Waals surface area contributed by atoms with Crippen LogP contribution < -0.4 is 5.32 Å². The molecule has 1 fully saturated rings. The average molecular weight is 345 g/mol. The first-order valence-electron chi connectivity index (χ1n) is 8.34. The number of fused-ring (bicyclic) bond motifs is 1. The SMILES string of the molecule is COCCNC(=O)c1nc(C(=O)N2CCN(C)CC2)c2ccccn12. The molecule has 0 radical (unpaired) electrons. The summed E-state index contributed by atoms with van der Waals surface area (Å²) in [5, 5.41) is 2.75. The minimum atomic E-state index is -0.323. The van der Waals surface area contributed by atoms with Gasteiger partial charge in [-0.25, -0.2) is 4.98 Å². The van der Waals surface area contributed by atoms with E-state index in [2.05, 4.69) is 15.2 Å². The zero-order valence-corrected chi connectivity index (χ0v) is 14.6. The van der Waals surface area contributed by atoms with Crippen molar-refractivity contribution in [3.63, 3.8) is 0 Å². The van der Waals surface area contributed by atoms with Crippen molar-refractivity contribution >= 4 is 17.3 Å². The lowest BCUT2D eigenvalue weighted by Gasteiger charge is -2.32. The van der Waals surface area contributed by atoms with Gasteiger partial charge < -0.3 is 19.9 Å². The predicted molar refractivity (Wildman–Crippen MR) is 92.8 cm³/mol. The maximum Gasteiger partial charge on any atom is 0.287 e. The first-order chi connectivity index (χ1) is 12.1. The molecule has 2 amide bonds. The molecule has 134 valence electrons. The molecule has 2 aromatic heterocycles. The maximum atomic E-state index is 12.9. The van der Waals surface area contributed by atoms with Crippen LogP contribution in [0.5, 0.6) is 0 Å². The van der Waals surface area contributed by atoms with E-state index >= 15 is 0 Å². The van der Waals surface area contributed by atoms with E-state index in [0.717, 1.165) is 13.1 Å². The van der Waals surface area contributed by atoms with Crippen LogP contribution in [-0.4, -0.2) is 84.5 Å². The third-order valence-corrected chi connectivity index (χ3v) is 4.34. The molecule has 0 bridgehead atoms. The molecule has 0 aliphatic carbocycles. The molecule has 2 aromatic rings. The standard InChI is InChI=1S/C17H23N5O3/c1-20-8-10-21(11-9-20)17(24)14-13-5-3-4-7-22(13)15(19-14)16(23)18-6-12-25-2/h3-5,7H,6,8-12H2,1-2H3,(H,18,23). The number of pyridine rings is 1. The van der Waals surface area contributed by atoms with Gasteiger partial charge in [0.2, 0.25) is 5.82 Å². The van der Waals surface area contributed by atoms with E-state index in [-0.39, 0.29) is 17.6 Å². The number of aromatic nitrogens is 2. The van der Waals surface area contributed by atoms with Crippen LogP contribution in [0.1, 0.15) is 21.1 Å². The Morgan fingerprint density at radius 2 is 2.00 bits per heavy atom. The summed E-state index contributed by atoms with van der Waals surface area (Å²) in [6, 6.07) is 5.46. The minimum absolute atomic E-state index is 0.132. The van der Waals surface area contributed by atoms with E-state index in [1.165, 1.54) is 0 Å². The summed E-state index contributed by atoms with van der Waals surface area (Å²) in [5.41, 5.74) is 0.963. The van der Waals surface area contributed by atoms with Crippen molar-refractivity contribution in [1.82, 2.24) is 24.5 Å². The van der Waals surface area contributed by atoms with Crippen molar-refractivity contribution < 1.29 is 14.3 Å².